The average Bonchev–Trinajstić information content (AvgIpc) is 3.30. The number of benzene rings is 1. The highest BCUT2D eigenvalue weighted by molar-refractivity contribution is 7.98. The Morgan fingerprint density at radius 3 is 2.83 bits per heavy atom. The number of nitrogens with two attached hydrogens (primary N) is 1. The first-order valence-electron chi connectivity index (χ1n) is 9.22. The van der Waals surface area contributed by atoms with Gasteiger partial charge in [-0.3, -0.25) is 0 Å². The van der Waals surface area contributed by atoms with Gasteiger partial charge in [0.15, 0.2) is 0 Å². The van der Waals surface area contributed by atoms with E-state index in [1.807, 2.05) is 30.3 Å². The van der Waals surface area contributed by atoms with Crippen LogP contribution in [0, 0.1) is 6.92 Å². The third-order valence-corrected chi connectivity index (χ3v) is 5.24. The van der Waals surface area contributed by atoms with Crippen molar-refractivity contribution < 1.29 is 13.9 Å². The fourth-order valence-electron chi connectivity index (χ4n) is 2.98. The predicted molar refractivity (Wildman–Crippen MR) is 110 cm³/mol. The first-order chi connectivity index (χ1) is 14.6. The predicted octanol–water partition coefficient (Wildman–Crippen LogP) is 2.62. The number of aromatic nitrogens is 6. The molecule has 154 valence electrons. The van der Waals surface area contributed by atoms with Gasteiger partial charge in [-0.15, -0.1) is 5.10 Å². The number of furan rings is 1. The minimum Gasteiger partial charge on any atom is -0.462 e. The number of anilines is 1. The number of carbonyl (C=O) groups is 1. The Labute approximate surface area is 175 Å². The summed E-state index contributed by atoms with van der Waals surface area (Å²) < 4.78 is 12.4. The van der Waals surface area contributed by atoms with Gasteiger partial charge in [-0.2, -0.15) is 4.98 Å². The van der Waals surface area contributed by atoms with Gasteiger partial charge in [0.2, 0.25) is 10.9 Å². The lowest BCUT2D eigenvalue weighted by Crippen LogP contribution is -2.07. The van der Waals surface area contributed by atoms with Crippen LogP contribution < -0.4 is 5.73 Å². The number of hydrogen-bond acceptors (Lipinski definition) is 10. The summed E-state index contributed by atoms with van der Waals surface area (Å²) in [5, 5.41) is 12.9. The summed E-state index contributed by atoms with van der Waals surface area (Å²) in [5.41, 5.74) is 7.71. The van der Waals surface area contributed by atoms with Gasteiger partial charge in [-0.1, -0.05) is 42.1 Å². The lowest BCUT2D eigenvalue weighted by Gasteiger charge is -2.05. The average molecular weight is 425 g/mol. The number of fused-ring (bicyclic) bond motifs is 1. The Morgan fingerprint density at radius 2 is 2.07 bits per heavy atom. The van der Waals surface area contributed by atoms with Gasteiger partial charge in [-0.05, 0) is 29.8 Å². The van der Waals surface area contributed by atoms with Crippen molar-refractivity contribution in [2.24, 2.45) is 0 Å². The SMILES string of the molecule is CCOC(=O)c1c(C)oc2nc(CSc3nnnn3Cc3ccccc3)nc(N)c12. The van der Waals surface area contributed by atoms with Crippen LogP contribution >= 0.6 is 11.8 Å². The van der Waals surface area contributed by atoms with Gasteiger partial charge in [0, 0.05) is 0 Å². The topological polar surface area (TPSA) is 135 Å². The number of nitrogens with zero attached hydrogens (tertiary/aromatic N) is 6. The van der Waals surface area contributed by atoms with Crippen molar-refractivity contribution >= 4 is 34.6 Å². The fraction of sp³-hybridized carbons (Fsp3) is 0.263. The number of aryl methyl sites for hydroxylation is 1. The minimum absolute atomic E-state index is 0.166. The standard InChI is InChI=1S/C19H19N7O3S/c1-3-28-18(27)14-11(2)29-17-15(14)16(20)21-13(22-17)10-30-19-23-24-25-26(19)9-12-7-5-4-6-8-12/h4-8H,3,9-10H2,1-2H3,(H2,20,21,22). The van der Waals surface area contributed by atoms with Gasteiger partial charge in [0.25, 0.3) is 0 Å². The van der Waals surface area contributed by atoms with Crippen molar-refractivity contribution in [1.29, 1.82) is 0 Å². The molecule has 0 saturated heterocycles. The maximum Gasteiger partial charge on any atom is 0.342 e. The van der Waals surface area contributed by atoms with Crippen molar-refractivity contribution in [2.75, 3.05) is 12.3 Å². The molecule has 0 unspecified atom stereocenters. The maximum absolute atomic E-state index is 12.2. The van der Waals surface area contributed by atoms with Crippen LogP contribution in [0.2, 0.25) is 0 Å². The lowest BCUT2D eigenvalue weighted by atomic mass is 10.2. The van der Waals surface area contributed by atoms with Crippen molar-refractivity contribution in [3.63, 3.8) is 0 Å². The zero-order chi connectivity index (χ0) is 21.1. The van der Waals surface area contributed by atoms with Gasteiger partial charge >= 0.3 is 5.97 Å². The molecular formula is C19H19N7O3S. The van der Waals surface area contributed by atoms with Crippen molar-refractivity contribution in [2.45, 2.75) is 31.3 Å². The molecule has 0 aliphatic rings. The van der Waals surface area contributed by atoms with E-state index in [1.54, 1.807) is 18.5 Å². The molecule has 0 spiro atoms. The molecule has 0 atom stereocenters. The monoisotopic (exact) mass is 425 g/mol. The van der Waals surface area contributed by atoms with E-state index >= 15 is 0 Å². The molecule has 0 aliphatic carbocycles. The van der Waals surface area contributed by atoms with Gasteiger partial charge in [-0.25, -0.2) is 14.5 Å². The molecule has 0 radical (unpaired) electrons. The summed E-state index contributed by atoms with van der Waals surface area (Å²) in [6.07, 6.45) is 0. The molecule has 11 heteroatoms. The van der Waals surface area contributed by atoms with Crippen LogP contribution in [0.3, 0.4) is 0 Å². The molecule has 10 nitrogen and oxygen atoms in total. The number of hydrogen-bond donors (Lipinski definition) is 1. The van der Waals surface area contributed by atoms with Crippen LogP contribution in [0.25, 0.3) is 11.1 Å². The van der Waals surface area contributed by atoms with Crippen molar-refractivity contribution in [1.82, 2.24) is 30.2 Å². The summed E-state index contributed by atoms with van der Waals surface area (Å²) in [6.45, 7) is 4.20. The second kappa shape index (κ2) is 8.49. The zero-order valence-electron chi connectivity index (χ0n) is 16.4. The molecule has 0 fully saturated rings. The summed E-state index contributed by atoms with van der Waals surface area (Å²) in [7, 11) is 0. The highest BCUT2D eigenvalue weighted by Gasteiger charge is 2.24. The van der Waals surface area contributed by atoms with Crippen molar-refractivity contribution in [3.8, 4) is 0 Å². The quantitative estimate of drug-likeness (QED) is 0.348. The molecule has 1 aromatic carbocycles. The Kier molecular flexibility index (Phi) is 5.61. The van der Waals surface area contributed by atoms with E-state index in [0.717, 1.165) is 5.56 Å². The Bertz CT molecular complexity index is 1190. The lowest BCUT2D eigenvalue weighted by molar-refractivity contribution is 0.0526. The molecule has 3 aromatic heterocycles. The number of nitrogen functional groups attached to an aromatic ring is 1. The highest BCUT2D eigenvalue weighted by atomic mass is 32.2. The Hall–Kier alpha value is -3.47. The molecule has 0 aliphatic heterocycles. The normalized spacial score (nSPS) is 11.1. The first kappa shape index (κ1) is 19.8. The number of tetrazole rings is 1. The summed E-state index contributed by atoms with van der Waals surface area (Å²) in [4.78, 5) is 21.0. The van der Waals surface area contributed by atoms with Crippen LogP contribution in [0.5, 0.6) is 0 Å². The van der Waals surface area contributed by atoms with E-state index in [1.165, 1.54) is 11.8 Å². The number of carbonyl (C=O) groups excluding carboxylic acids is 1. The van der Waals surface area contributed by atoms with E-state index in [9.17, 15) is 4.79 Å². The summed E-state index contributed by atoms with van der Waals surface area (Å²) in [6, 6.07) is 9.91. The molecule has 0 saturated carbocycles. The van der Waals surface area contributed by atoms with Crippen LogP contribution in [-0.4, -0.2) is 42.8 Å². The molecular weight excluding hydrogens is 406 g/mol. The molecule has 2 N–H and O–H groups in total. The van der Waals surface area contributed by atoms with E-state index in [-0.39, 0.29) is 23.7 Å². The van der Waals surface area contributed by atoms with Gasteiger partial charge < -0.3 is 14.9 Å². The van der Waals surface area contributed by atoms with Crippen molar-refractivity contribution in [3.05, 3.63) is 53.0 Å². The molecule has 0 bridgehead atoms. The second-order valence-corrected chi connectivity index (χ2v) is 7.29. The third kappa shape index (κ3) is 3.96. The summed E-state index contributed by atoms with van der Waals surface area (Å²) >= 11 is 1.38. The Balaban J connectivity index is 1.55. The zero-order valence-corrected chi connectivity index (χ0v) is 17.2. The summed E-state index contributed by atoms with van der Waals surface area (Å²) in [5.74, 6) is 0.874. The highest BCUT2D eigenvalue weighted by Crippen LogP contribution is 2.30. The fourth-order valence-corrected chi connectivity index (χ4v) is 3.71. The van der Waals surface area contributed by atoms with Gasteiger partial charge in [0.1, 0.15) is 23.0 Å². The maximum atomic E-state index is 12.2. The number of ether oxygens (including phenoxy) is 1. The minimum atomic E-state index is -0.508. The number of thioether (sulfide) groups is 1. The second-order valence-electron chi connectivity index (χ2n) is 6.35. The first-order valence-corrected chi connectivity index (χ1v) is 10.2. The smallest absolute Gasteiger partial charge is 0.342 e. The van der Waals surface area contributed by atoms with E-state index in [4.69, 9.17) is 14.9 Å². The van der Waals surface area contributed by atoms with E-state index < -0.39 is 5.97 Å². The number of rotatable bonds is 7. The molecule has 3 heterocycles. The van der Waals surface area contributed by atoms with Gasteiger partial charge in [0.05, 0.1) is 24.3 Å². The number of esters is 1. The molecule has 0 amide bonds. The largest absolute Gasteiger partial charge is 0.462 e. The van der Waals surface area contributed by atoms with Crippen LogP contribution in [0.15, 0.2) is 39.9 Å². The molecule has 4 aromatic rings. The Morgan fingerprint density at radius 1 is 1.27 bits per heavy atom. The van der Waals surface area contributed by atoms with E-state index in [2.05, 4.69) is 25.5 Å². The van der Waals surface area contributed by atoms with Crippen LogP contribution in [-0.2, 0) is 17.0 Å². The van der Waals surface area contributed by atoms with E-state index in [0.29, 0.717) is 34.4 Å². The van der Waals surface area contributed by atoms with Crippen LogP contribution in [0.4, 0.5) is 5.82 Å². The van der Waals surface area contributed by atoms with Crippen LogP contribution in [0.1, 0.15) is 34.4 Å². The molecule has 4 rings (SSSR count). The molecule has 30 heavy (non-hydrogen) atoms. The third-order valence-electron chi connectivity index (χ3n) is 4.29.